The Bertz CT molecular complexity index is 361. The average molecular weight is 298 g/mol. The van der Waals surface area contributed by atoms with Gasteiger partial charge in [-0.3, -0.25) is 0 Å². The molecule has 0 aromatic heterocycles. The fraction of sp³-hybridized carbons (Fsp3) is 0.571. The summed E-state index contributed by atoms with van der Waals surface area (Å²) in [5, 5.41) is 3.56. The quantitative estimate of drug-likeness (QED) is 0.920. The first-order chi connectivity index (χ1) is 8.18. The highest BCUT2D eigenvalue weighted by atomic mass is 79.9. The van der Waals surface area contributed by atoms with E-state index in [9.17, 15) is 0 Å². The number of ether oxygens (including phenoxy) is 1. The minimum absolute atomic E-state index is 0.407. The zero-order valence-electron chi connectivity index (χ0n) is 10.3. The molecule has 94 valence electrons. The maximum atomic E-state index is 5.41. The molecular weight excluding hydrogens is 278 g/mol. The monoisotopic (exact) mass is 297 g/mol. The summed E-state index contributed by atoms with van der Waals surface area (Å²) in [5.74, 6) is 0. The lowest BCUT2D eigenvalue weighted by Crippen LogP contribution is -2.36. The Hall–Kier alpha value is -0.380. The standard InChI is InChI=1S/C14H20BrNO/c1-14(5-7-17-8-6-14)11-16-10-12-3-2-4-13(15)9-12/h2-4,9,16H,5-8,10-11H2,1H3. The zero-order valence-corrected chi connectivity index (χ0v) is 11.9. The third-order valence-corrected chi connectivity index (χ3v) is 3.96. The van der Waals surface area contributed by atoms with E-state index < -0.39 is 0 Å². The summed E-state index contributed by atoms with van der Waals surface area (Å²) in [5.41, 5.74) is 1.74. The van der Waals surface area contributed by atoms with Gasteiger partial charge in [-0.2, -0.15) is 0 Å². The van der Waals surface area contributed by atoms with Crippen molar-refractivity contribution in [2.75, 3.05) is 19.8 Å². The molecule has 1 aromatic rings. The molecule has 1 aliphatic heterocycles. The highest BCUT2D eigenvalue weighted by molar-refractivity contribution is 9.10. The molecule has 0 bridgehead atoms. The van der Waals surface area contributed by atoms with Crippen LogP contribution in [0.2, 0.25) is 0 Å². The SMILES string of the molecule is CC1(CNCc2cccc(Br)c2)CCOCC1. The number of halogens is 1. The predicted molar refractivity (Wildman–Crippen MR) is 74.0 cm³/mol. The van der Waals surface area contributed by atoms with Crippen LogP contribution in [0.15, 0.2) is 28.7 Å². The van der Waals surface area contributed by atoms with Crippen molar-refractivity contribution < 1.29 is 4.74 Å². The smallest absolute Gasteiger partial charge is 0.0471 e. The summed E-state index contributed by atoms with van der Waals surface area (Å²) >= 11 is 3.50. The van der Waals surface area contributed by atoms with E-state index in [-0.39, 0.29) is 0 Å². The van der Waals surface area contributed by atoms with Gasteiger partial charge in [-0.15, -0.1) is 0 Å². The molecular formula is C14H20BrNO. The summed E-state index contributed by atoms with van der Waals surface area (Å²) in [7, 11) is 0. The Kier molecular flexibility index (Phi) is 4.60. The molecule has 2 nitrogen and oxygen atoms in total. The van der Waals surface area contributed by atoms with Gasteiger partial charge in [0.15, 0.2) is 0 Å². The van der Waals surface area contributed by atoms with Gasteiger partial charge in [0.1, 0.15) is 0 Å². The van der Waals surface area contributed by atoms with Gasteiger partial charge in [0.2, 0.25) is 0 Å². The largest absolute Gasteiger partial charge is 0.381 e. The van der Waals surface area contributed by atoms with E-state index in [0.717, 1.165) is 30.8 Å². The van der Waals surface area contributed by atoms with Crippen molar-refractivity contribution in [3.63, 3.8) is 0 Å². The highest BCUT2D eigenvalue weighted by Gasteiger charge is 2.26. The summed E-state index contributed by atoms with van der Waals surface area (Å²) in [6.45, 7) is 6.19. The molecule has 0 amide bonds. The molecule has 1 saturated heterocycles. The maximum absolute atomic E-state index is 5.41. The summed E-state index contributed by atoms with van der Waals surface area (Å²) in [6.07, 6.45) is 2.33. The molecule has 0 radical (unpaired) electrons. The summed E-state index contributed by atoms with van der Waals surface area (Å²) in [6, 6.07) is 8.46. The molecule has 0 saturated carbocycles. The lowest BCUT2D eigenvalue weighted by Gasteiger charge is -2.33. The van der Waals surface area contributed by atoms with Gasteiger partial charge >= 0.3 is 0 Å². The lowest BCUT2D eigenvalue weighted by atomic mass is 9.82. The van der Waals surface area contributed by atoms with Crippen LogP contribution in [0, 0.1) is 5.41 Å². The molecule has 17 heavy (non-hydrogen) atoms. The molecule has 1 aromatic carbocycles. The van der Waals surface area contributed by atoms with Crippen LogP contribution in [-0.2, 0) is 11.3 Å². The van der Waals surface area contributed by atoms with Crippen LogP contribution in [0.25, 0.3) is 0 Å². The van der Waals surface area contributed by atoms with Crippen LogP contribution in [0.1, 0.15) is 25.3 Å². The fourth-order valence-electron chi connectivity index (χ4n) is 2.20. The number of hydrogen-bond acceptors (Lipinski definition) is 2. The van der Waals surface area contributed by atoms with E-state index in [2.05, 4.69) is 52.4 Å². The number of rotatable bonds is 4. The molecule has 1 fully saturated rings. The molecule has 0 unspecified atom stereocenters. The number of benzene rings is 1. The van der Waals surface area contributed by atoms with Crippen molar-refractivity contribution in [1.82, 2.24) is 5.32 Å². The molecule has 3 heteroatoms. The summed E-state index contributed by atoms with van der Waals surface area (Å²) in [4.78, 5) is 0. The zero-order chi connectivity index (χ0) is 12.1. The Balaban J connectivity index is 1.79. The molecule has 2 rings (SSSR count). The number of hydrogen-bond donors (Lipinski definition) is 1. The van der Waals surface area contributed by atoms with Crippen LogP contribution in [0.5, 0.6) is 0 Å². The van der Waals surface area contributed by atoms with Crippen molar-refractivity contribution in [3.8, 4) is 0 Å². The van der Waals surface area contributed by atoms with Crippen molar-refractivity contribution >= 4 is 15.9 Å². The van der Waals surface area contributed by atoms with Gasteiger partial charge in [0, 0.05) is 30.8 Å². The Morgan fingerprint density at radius 1 is 1.35 bits per heavy atom. The predicted octanol–water partition coefficient (Wildman–Crippen LogP) is 3.36. The summed E-state index contributed by atoms with van der Waals surface area (Å²) < 4.78 is 6.56. The normalized spacial score (nSPS) is 19.2. The van der Waals surface area contributed by atoms with Crippen molar-refractivity contribution in [2.24, 2.45) is 5.41 Å². The van der Waals surface area contributed by atoms with E-state index in [0.29, 0.717) is 5.41 Å². The minimum Gasteiger partial charge on any atom is -0.381 e. The van der Waals surface area contributed by atoms with Crippen molar-refractivity contribution in [1.29, 1.82) is 0 Å². The van der Waals surface area contributed by atoms with Crippen LogP contribution in [0.4, 0.5) is 0 Å². The van der Waals surface area contributed by atoms with Crippen LogP contribution < -0.4 is 5.32 Å². The van der Waals surface area contributed by atoms with Crippen LogP contribution >= 0.6 is 15.9 Å². The van der Waals surface area contributed by atoms with Gasteiger partial charge in [-0.25, -0.2) is 0 Å². The maximum Gasteiger partial charge on any atom is 0.0471 e. The molecule has 0 aliphatic carbocycles. The molecule has 1 aliphatic rings. The highest BCUT2D eigenvalue weighted by Crippen LogP contribution is 2.28. The van der Waals surface area contributed by atoms with E-state index >= 15 is 0 Å². The molecule has 1 heterocycles. The third-order valence-electron chi connectivity index (χ3n) is 3.47. The Morgan fingerprint density at radius 2 is 2.12 bits per heavy atom. The minimum atomic E-state index is 0.407. The third kappa shape index (κ3) is 4.09. The second kappa shape index (κ2) is 5.98. The van der Waals surface area contributed by atoms with E-state index in [1.807, 2.05) is 0 Å². The van der Waals surface area contributed by atoms with Crippen molar-refractivity contribution in [2.45, 2.75) is 26.3 Å². The van der Waals surface area contributed by atoms with E-state index in [1.165, 1.54) is 18.4 Å². The first kappa shape index (κ1) is 13.1. The van der Waals surface area contributed by atoms with E-state index in [4.69, 9.17) is 4.74 Å². The Morgan fingerprint density at radius 3 is 2.82 bits per heavy atom. The second-order valence-corrected chi connectivity index (χ2v) is 6.07. The first-order valence-corrected chi connectivity index (χ1v) is 7.00. The van der Waals surface area contributed by atoms with E-state index in [1.54, 1.807) is 0 Å². The first-order valence-electron chi connectivity index (χ1n) is 6.21. The average Bonchev–Trinajstić information content (AvgIpc) is 2.30. The molecule has 1 N–H and O–H groups in total. The lowest BCUT2D eigenvalue weighted by molar-refractivity contribution is 0.0240. The number of nitrogens with one attached hydrogen (secondary N) is 1. The van der Waals surface area contributed by atoms with Crippen LogP contribution in [-0.4, -0.2) is 19.8 Å². The topological polar surface area (TPSA) is 21.3 Å². The fourth-order valence-corrected chi connectivity index (χ4v) is 2.64. The van der Waals surface area contributed by atoms with Gasteiger partial charge < -0.3 is 10.1 Å². The van der Waals surface area contributed by atoms with Crippen LogP contribution in [0.3, 0.4) is 0 Å². The van der Waals surface area contributed by atoms with Gasteiger partial charge in [-0.05, 0) is 36.0 Å². The second-order valence-electron chi connectivity index (χ2n) is 5.16. The molecule has 0 spiro atoms. The van der Waals surface area contributed by atoms with Gasteiger partial charge in [0.25, 0.3) is 0 Å². The van der Waals surface area contributed by atoms with Crippen molar-refractivity contribution in [3.05, 3.63) is 34.3 Å². The van der Waals surface area contributed by atoms with Gasteiger partial charge in [0.05, 0.1) is 0 Å². The van der Waals surface area contributed by atoms with Gasteiger partial charge in [-0.1, -0.05) is 35.0 Å². The molecule has 0 atom stereocenters. The Labute approximate surface area is 112 Å².